The fourth-order valence-corrected chi connectivity index (χ4v) is 2.00. The summed E-state index contributed by atoms with van der Waals surface area (Å²) >= 11 is 0. The number of carbonyl (C=O) groups is 2. The Morgan fingerprint density at radius 2 is 2.05 bits per heavy atom. The first-order valence-electron chi connectivity index (χ1n) is 6.58. The van der Waals surface area contributed by atoms with Gasteiger partial charge in [-0.05, 0) is 36.0 Å². The van der Waals surface area contributed by atoms with Gasteiger partial charge < -0.3 is 20.3 Å². The summed E-state index contributed by atoms with van der Waals surface area (Å²) in [5, 5.41) is 22.5. The molecule has 1 amide bonds. The average Bonchev–Trinajstić information content (AvgIpc) is 2.37. The Hall–Kier alpha value is -1.88. The molecule has 110 valence electrons. The topological polar surface area (TPSA) is 89.5 Å². The van der Waals surface area contributed by atoms with Gasteiger partial charge in [0.25, 0.3) is 0 Å². The van der Waals surface area contributed by atoms with E-state index in [0.29, 0.717) is 17.7 Å². The SMILES string of the molecule is CC[C@](C)(CC(=O)[O-])CC(=O)Nc1cccc(CO)c1. The molecule has 5 heteroatoms. The molecule has 1 aromatic carbocycles. The number of hydrogen-bond acceptors (Lipinski definition) is 4. The van der Waals surface area contributed by atoms with Crippen LogP contribution in [0.15, 0.2) is 24.3 Å². The minimum atomic E-state index is -1.15. The second-order valence-electron chi connectivity index (χ2n) is 5.30. The Bertz CT molecular complexity index is 487. The van der Waals surface area contributed by atoms with E-state index in [1.807, 2.05) is 6.92 Å². The van der Waals surface area contributed by atoms with Crippen LogP contribution in [0.2, 0.25) is 0 Å². The molecule has 5 nitrogen and oxygen atoms in total. The quantitative estimate of drug-likeness (QED) is 0.780. The number of aliphatic hydroxyl groups excluding tert-OH is 1. The first kappa shape index (κ1) is 16.2. The molecule has 20 heavy (non-hydrogen) atoms. The van der Waals surface area contributed by atoms with Gasteiger partial charge in [-0.3, -0.25) is 4.79 Å². The largest absolute Gasteiger partial charge is 0.550 e. The number of benzene rings is 1. The van der Waals surface area contributed by atoms with E-state index < -0.39 is 11.4 Å². The number of carboxylic acid groups (broad SMARTS) is 1. The maximum Gasteiger partial charge on any atom is 0.224 e. The molecule has 0 saturated carbocycles. The minimum absolute atomic E-state index is 0.0962. The second-order valence-corrected chi connectivity index (χ2v) is 5.30. The number of nitrogens with one attached hydrogen (secondary N) is 1. The normalized spacial score (nSPS) is 13.6. The molecule has 0 radical (unpaired) electrons. The number of carbonyl (C=O) groups excluding carboxylic acids is 2. The lowest BCUT2D eigenvalue weighted by Gasteiger charge is -2.28. The number of aliphatic hydroxyl groups is 1. The molecule has 1 rings (SSSR count). The van der Waals surface area contributed by atoms with E-state index in [1.165, 1.54) is 0 Å². The van der Waals surface area contributed by atoms with Crippen LogP contribution in [0.1, 0.15) is 38.7 Å². The summed E-state index contributed by atoms with van der Waals surface area (Å²) in [5.41, 5.74) is 0.682. The van der Waals surface area contributed by atoms with Crippen molar-refractivity contribution in [2.45, 2.75) is 39.7 Å². The van der Waals surface area contributed by atoms with E-state index in [4.69, 9.17) is 5.11 Å². The molecular weight excluding hydrogens is 258 g/mol. The number of hydrogen-bond donors (Lipinski definition) is 2. The smallest absolute Gasteiger partial charge is 0.224 e. The second kappa shape index (κ2) is 7.05. The van der Waals surface area contributed by atoms with Crippen molar-refractivity contribution in [3.8, 4) is 0 Å². The first-order chi connectivity index (χ1) is 9.38. The van der Waals surface area contributed by atoms with Crippen LogP contribution in [0.25, 0.3) is 0 Å². The molecule has 0 aliphatic carbocycles. The molecule has 0 fully saturated rings. The maximum absolute atomic E-state index is 12.0. The third kappa shape index (κ3) is 5.01. The van der Waals surface area contributed by atoms with Crippen LogP contribution in [0, 0.1) is 5.41 Å². The van der Waals surface area contributed by atoms with Crippen molar-refractivity contribution < 1.29 is 19.8 Å². The molecule has 0 aliphatic heterocycles. The van der Waals surface area contributed by atoms with E-state index in [1.54, 1.807) is 31.2 Å². The highest BCUT2D eigenvalue weighted by Crippen LogP contribution is 2.30. The Kier molecular flexibility index (Phi) is 5.70. The molecule has 1 atom stereocenters. The van der Waals surface area contributed by atoms with Crippen molar-refractivity contribution in [2.75, 3.05) is 5.32 Å². The summed E-state index contributed by atoms with van der Waals surface area (Å²) in [6.07, 6.45) is 0.541. The van der Waals surface area contributed by atoms with Gasteiger partial charge in [0.15, 0.2) is 0 Å². The lowest BCUT2D eigenvalue weighted by Crippen LogP contribution is -2.33. The highest BCUT2D eigenvalue weighted by Gasteiger charge is 2.26. The average molecular weight is 278 g/mol. The summed E-state index contributed by atoms with van der Waals surface area (Å²) in [7, 11) is 0. The van der Waals surface area contributed by atoms with E-state index >= 15 is 0 Å². The van der Waals surface area contributed by atoms with Crippen LogP contribution in [0.3, 0.4) is 0 Å². The molecule has 2 N–H and O–H groups in total. The van der Waals surface area contributed by atoms with E-state index in [-0.39, 0.29) is 25.4 Å². The van der Waals surface area contributed by atoms with Gasteiger partial charge in [0.05, 0.1) is 6.61 Å². The Morgan fingerprint density at radius 1 is 1.35 bits per heavy atom. The molecule has 0 aliphatic rings. The van der Waals surface area contributed by atoms with Crippen LogP contribution in [0.5, 0.6) is 0 Å². The van der Waals surface area contributed by atoms with Crippen LogP contribution >= 0.6 is 0 Å². The Labute approximate surface area is 118 Å². The maximum atomic E-state index is 12.0. The summed E-state index contributed by atoms with van der Waals surface area (Å²) in [5.74, 6) is -1.39. The van der Waals surface area contributed by atoms with Crippen LogP contribution in [-0.2, 0) is 16.2 Å². The van der Waals surface area contributed by atoms with Gasteiger partial charge in [-0.1, -0.05) is 26.0 Å². The van der Waals surface area contributed by atoms with E-state index in [0.717, 1.165) is 0 Å². The minimum Gasteiger partial charge on any atom is -0.550 e. The fourth-order valence-electron chi connectivity index (χ4n) is 2.00. The van der Waals surface area contributed by atoms with Gasteiger partial charge in [0.1, 0.15) is 0 Å². The predicted octanol–water partition coefficient (Wildman–Crippen LogP) is 1.06. The number of carboxylic acids is 1. The van der Waals surface area contributed by atoms with Crippen molar-refractivity contribution >= 4 is 17.6 Å². The molecule has 0 aromatic heterocycles. The summed E-state index contributed by atoms with van der Waals surface area (Å²) in [6.45, 7) is 3.51. The molecule has 0 unspecified atom stereocenters. The zero-order valence-electron chi connectivity index (χ0n) is 11.8. The lowest BCUT2D eigenvalue weighted by atomic mass is 9.80. The third-order valence-corrected chi connectivity index (χ3v) is 3.41. The number of rotatable bonds is 7. The summed E-state index contributed by atoms with van der Waals surface area (Å²) in [4.78, 5) is 22.7. The molecule has 0 saturated heterocycles. The van der Waals surface area contributed by atoms with E-state index in [9.17, 15) is 14.7 Å². The first-order valence-corrected chi connectivity index (χ1v) is 6.58. The van der Waals surface area contributed by atoms with Gasteiger partial charge in [0, 0.05) is 18.1 Å². The monoisotopic (exact) mass is 278 g/mol. The predicted molar refractivity (Wildman–Crippen MR) is 73.6 cm³/mol. The van der Waals surface area contributed by atoms with Gasteiger partial charge in [-0.15, -0.1) is 0 Å². The van der Waals surface area contributed by atoms with Gasteiger partial charge in [-0.25, -0.2) is 0 Å². The molecule has 0 spiro atoms. The zero-order chi connectivity index (χ0) is 15.2. The summed E-state index contributed by atoms with van der Waals surface area (Å²) in [6, 6.07) is 6.89. The Morgan fingerprint density at radius 3 is 2.60 bits per heavy atom. The fraction of sp³-hybridized carbons (Fsp3) is 0.467. The molecular formula is C15H20NO4-. The van der Waals surface area contributed by atoms with Crippen LogP contribution in [-0.4, -0.2) is 17.0 Å². The van der Waals surface area contributed by atoms with Crippen LogP contribution < -0.4 is 10.4 Å². The van der Waals surface area contributed by atoms with Crippen molar-refractivity contribution in [1.29, 1.82) is 0 Å². The number of amides is 1. The van der Waals surface area contributed by atoms with Crippen LogP contribution in [0.4, 0.5) is 5.69 Å². The number of aliphatic carboxylic acids is 1. The van der Waals surface area contributed by atoms with Crippen molar-refractivity contribution in [1.82, 2.24) is 0 Å². The van der Waals surface area contributed by atoms with Gasteiger partial charge in [-0.2, -0.15) is 0 Å². The van der Waals surface area contributed by atoms with Crippen molar-refractivity contribution in [3.63, 3.8) is 0 Å². The Balaban J connectivity index is 2.68. The van der Waals surface area contributed by atoms with E-state index in [2.05, 4.69) is 5.32 Å². The molecule has 1 aromatic rings. The van der Waals surface area contributed by atoms with Crippen molar-refractivity contribution in [3.05, 3.63) is 29.8 Å². The van der Waals surface area contributed by atoms with Gasteiger partial charge >= 0.3 is 0 Å². The number of anilines is 1. The highest BCUT2D eigenvalue weighted by atomic mass is 16.4. The third-order valence-electron chi connectivity index (χ3n) is 3.41. The van der Waals surface area contributed by atoms with Crippen molar-refractivity contribution in [2.24, 2.45) is 5.41 Å². The lowest BCUT2D eigenvalue weighted by molar-refractivity contribution is -0.308. The van der Waals surface area contributed by atoms with Gasteiger partial charge in [0.2, 0.25) is 5.91 Å². The highest BCUT2D eigenvalue weighted by molar-refractivity contribution is 5.91. The zero-order valence-corrected chi connectivity index (χ0v) is 11.8. The molecule has 0 heterocycles. The summed E-state index contributed by atoms with van der Waals surface area (Å²) < 4.78 is 0. The standard InChI is InChI=1S/C15H21NO4/c1-3-15(2,9-14(19)20)8-13(18)16-12-6-4-5-11(7-12)10-17/h4-7,17H,3,8-10H2,1-2H3,(H,16,18)(H,19,20)/p-1/t15-/m0/s1. The molecule has 0 bridgehead atoms.